The Morgan fingerprint density at radius 3 is 2.92 bits per heavy atom. The van der Waals surface area contributed by atoms with Gasteiger partial charge < -0.3 is 15.0 Å². The van der Waals surface area contributed by atoms with Crippen LogP contribution < -0.4 is 10.2 Å². The average Bonchev–Trinajstić information content (AvgIpc) is 3.18. The highest BCUT2D eigenvalue weighted by Crippen LogP contribution is 2.28. The number of rotatable bonds is 3. The lowest BCUT2D eigenvalue weighted by Crippen LogP contribution is -2.42. The zero-order valence-corrected chi connectivity index (χ0v) is 13.9. The molecule has 7 heteroatoms. The molecule has 0 saturated carbocycles. The van der Waals surface area contributed by atoms with Crippen molar-refractivity contribution < 1.29 is 18.7 Å². The van der Waals surface area contributed by atoms with Crippen molar-refractivity contribution in [1.82, 2.24) is 10.2 Å². The highest BCUT2D eigenvalue weighted by molar-refractivity contribution is 5.94. The van der Waals surface area contributed by atoms with Crippen molar-refractivity contribution in [2.24, 2.45) is 0 Å². The van der Waals surface area contributed by atoms with Crippen LogP contribution in [0, 0.1) is 5.82 Å². The van der Waals surface area contributed by atoms with E-state index in [4.69, 9.17) is 4.74 Å². The molecule has 2 aliphatic rings. The Morgan fingerprint density at radius 2 is 2.17 bits per heavy atom. The molecule has 6 nitrogen and oxygen atoms in total. The van der Waals surface area contributed by atoms with Crippen LogP contribution in [0.3, 0.4) is 0 Å². The van der Waals surface area contributed by atoms with Gasteiger partial charge in [-0.2, -0.15) is 0 Å². The quantitative estimate of drug-likeness (QED) is 0.911. The first-order valence-electron chi connectivity index (χ1n) is 8.16. The number of ether oxygens (including phenoxy) is 1. The topological polar surface area (TPSA) is 61.9 Å². The van der Waals surface area contributed by atoms with Crippen LogP contribution in [0.25, 0.3) is 0 Å². The molecule has 0 radical (unpaired) electrons. The number of fused-ring (bicyclic) bond motifs is 1. The molecule has 2 atom stereocenters. The van der Waals surface area contributed by atoms with Crippen molar-refractivity contribution in [1.29, 1.82) is 0 Å². The molecule has 3 amide bonds. The van der Waals surface area contributed by atoms with E-state index >= 15 is 0 Å². The Balaban J connectivity index is 1.52. The van der Waals surface area contributed by atoms with E-state index in [1.807, 2.05) is 0 Å². The Labute approximate surface area is 140 Å². The number of hydrogen-bond donors (Lipinski definition) is 1. The van der Waals surface area contributed by atoms with E-state index in [0.717, 1.165) is 17.7 Å². The molecular weight excluding hydrogens is 313 g/mol. The maximum absolute atomic E-state index is 13.2. The number of halogens is 1. The number of nitrogens with one attached hydrogen (secondary N) is 1. The molecule has 130 valence electrons. The molecule has 2 heterocycles. The van der Waals surface area contributed by atoms with E-state index in [0.29, 0.717) is 25.9 Å². The second-order valence-corrected chi connectivity index (χ2v) is 6.42. The number of amides is 3. The maximum Gasteiger partial charge on any atom is 0.321 e. The molecule has 0 bridgehead atoms. The highest BCUT2D eigenvalue weighted by Gasteiger charge is 2.32. The van der Waals surface area contributed by atoms with E-state index in [-0.39, 0.29) is 23.9 Å². The van der Waals surface area contributed by atoms with Gasteiger partial charge in [-0.1, -0.05) is 0 Å². The molecule has 1 aromatic rings. The first-order valence-corrected chi connectivity index (χ1v) is 8.16. The first-order chi connectivity index (χ1) is 11.5. The molecular formula is C17H22FN3O3. The van der Waals surface area contributed by atoms with Gasteiger partial charge in [0.2, 0.25) is 0 Å². The number of carbonyl (C=O) groups excluding carboxylic acids is 2. The predicted octanol–water partition coefficient (Wildman–Crippen LogP) is 1.53. The molecule has 0 aliphatic carbocycles. The van der Waals surface area contributed by atoms with Crippen LogP contribution in [0.15, 0.2) is 18.2 Å². The third-order valence-corrected chi connectivity index (χ3v) is 4.49. The van der Waals surface area contributed by atoms with Crippen LogP contribution in [0.5, 0.6) is 0 Å². The van der Waals surface area contributed by atoms with E-state index < -0.39 is 6.10 Å². The number of carbonyl (C=O) groups is 2. The van der Waals surface area contributed by atoms with Crippen molar-refractivity contribution in [3.8, 4) is 0 Å². The Hall–Kier alpha value is -2.15. The van der Waals surface area contributed by atoms with E-state index in [9.17, 15) is 14.0 Å². The first kappa shape index (κ1) is 16.7. The minimum Gasteiger partial charge on any atom is -0.363 e. The molecule has 0 aromatic heterocycles. The molecule has 0 spiro atoms. The summed E-state index contributed by atoms with van der Waals surface area (Å²) in [7, 11) is 3.41. The number of benzene rings is 1. The second kappa shape index (κ2) is 6.76. The molecule has 1 fully saturated rings. The van der Waals surface area contributed by atoms with Gasteiger partial charge in [-0.3, -0.25) is 9.69 Å². The summed E-state index contributed by atoms with van der Waals surface area (Å²) < 4.78 is 18.9. The molecule has 1 saturated heterocycles. The summed E-state index contributed by atoms with van der Waals surface area (Å²) in [4.78, 5) is 27.4. The lowest BCUT2D eigenvalue weighted by Gasteiger charge is -2.20. The van der Waals surface area contributed by atoms with Crippen molar-refractivity contribution >= 4 is 17.6 Å². The standard InChI is InChI=1S/C17H22FN3O3/c1-20(2)16(22)15-6-4-13(24-15)10-19-17(23)21-8-7-11-9-12(18)3-5-14(11)21/h3,5,9,13,15H,4,6-8,10H2,1-2H3,(H,19,23)/t13-,15-/m1/s1. The van der Waals surface area contributed by atoms with Gasteiger partial charge in [0.15, 0.2) is 0 Å². The molecule has 1 N–H and O–H groups in total. The minimum absolute atomic E-state index is 0.0423. The van der Waals surface area contributed by atoms with Gasteiger partial charge in [-0.25, -0.2) is 9.18 Å². The summed E-state index contributed by atoms with van der Waals surface area (Å²) in [5.41, 5.74) is 1.60. The minimum atomic E-state index is -0.419. The van der Waals surface area contributed by atoms with Crippen LogP contribution in [-0.4, -0.2) is 56.2 Å². The third-order valence-electron chi connectivity index (χ3n) is 4.49. The van der Waals surface area contributed by atoms with Gasteiger partial charge in [0.25, 0.3) is 5.91 Å². The summed E-state index contributed by atoms with van der Waals surface area (Å²) in [6.07, 6.45) is 1.49. The van der Waals surface area contributed by atoms with Crippen molar-refractivity contribution in [3.63, 3.8) is 0 Å². The van der Waals surface area contributed by atoms with Crippen molar-refractivity contribution in [2.45, 2.75) is 31.5 Å². The Bertz CT molecular complexity index is 650. The summed E-state index contributed by atoms with van der Waals surface area (Å²) in [6, 6.07) is 4.25. The number of likely N-dealkylation sites (N-methyl/N-ethyl adjacent to an activating group) is 1. The van der Waals surface area contributed by atoms with Gasteiger partial charge in [-0.15, -0.1) is 0 Å². The summed E-state index contributed by atoms with van der Waals surface area (Å²) in [5, 5.41) is 2.85. The summed E-state index contributed by atoms with van der Waals surface area (Å²) >= 11 is 0. The largest absolute Gasteiger partial charge is 0.363 e. The molecule has 24 heavy (non-hydrogen) atoms. The molecule has 0 unspecified atom stereocenters. The molecule has 2 aliphatic heterocycles. The van der Waals surface area contributed by atoms with E-state index in [1.54, 1.807) is 25.1 Å². The summed E-state index contributed by atoms with van der Waals surface area (Å²) in [5.74, 6) is -0.328. The van der Waals surface area contributed by atoms with Crippen molar-refractivity contribution in [3.05, 3.63) is 29.6 Å². The number of urea groups is 1. The third kappa shape index (κ3) is 3.36. The summed E-state index contributed by atoms with van der Waals surface area (Å²) in [6.45, 7) is 0.904. The molecule has 3 rings (SSSR count). The van der Waals surface area contributed by atoms with E-state index in [2.05, 4.69) is 5.32 Å². The van der Waals surface area contributed by atoms with Crippen LogP contribution in [0.4, 0.5) is 14.9 Å². The van der Waals surface area contributed by atoms with E-state index in [1.165, 1.54) is 17.0 Å². The maximum atomic E-state index is 13.2. The Kier molecular flexibility index (Phi) is 4.71. The van der Waals surface area contributed by atoms with Gasteiger partial charge in [0, 0.05) is 32.9 Å². The normalized spacial score (nSPS) is 22.4. The fraction of sp³-hybridized carbons (Fsp3) is 0.529. The zero-order valence-electron chi connectivity index (χ0n) is 13.9. The Morgan fingerprint density at radius 1 is 1.38 bits per heavy atom. The van der Waals surface area contributed by atoms with Gasteiger partial charge in [-0.05, 0) is 43.0 Å². The number of hydrogen-bond acceptors (Lipinski definition) is 3. The molecule has 1 aromatic carbocycles. The zero-order chi connectivity index (χ0) is 17.3. The SMILES string of the molecule is CN(C)C(=O)[C@H]1CC[C@H](CNC(=O)N2CCc3cc(F)ccc32)O1. The lowest BCUT2D eigenvalue weighted by molar-refractivity contribution is -0.140. The average molecular weight is 335 g/mol. The van der Waals surface area contributed by atoms with Crippen LogP contribution in [0.1, 0.15) is 18.4 Å². The van der Waals surface area contributed by atoms with Gasteiger partial charge in [0.05, 0.1) is 6.10 Å². The monoisotopic (exact) mass is 335 g/mol. The van der Waals surface area contributed by atoms with Crippen LogP contribution in [-0.2, 0) is 16.0 Å². The number of nitrogens with zero attached hydrogens (tertiary/aromatic N) is 2. The number of anilines is 1. The van der Waals surface area contributed by atoms with Gasteiger partial charge >= 0.3 is 6.03 Å². The van der Waals surface area contributed by atoms with Crippen LogP contribution >= 0.6 is 0 Å². The van der Waals surface area contributed by atoms with Crippen molar-refractivity contribution in [2.75, 3.05) is 32.1 Å². The second-order valence-electron chi connectivity index (χ2n) is 6.42. The highest BCUT2D eigenvalue weighted by atomic mass is 19.1. The van der Waals surface area contributed by atoms with Gasteiger partial charge in [0.1, 0.15) is 11.9 Å². The van der Waals surface area contributed by atoms with Crippen LogP contribution in [0.2, 0.25) is 0 Å². The smallest absolute Gasteiger partial charge is 0.321 e. The fourth-order valence-electron chi connectivity index (χ4n) is 3.20. The predicted molar refractivity (Wildman–Crippen MR) is 87.4 cm³/mol. The lowest BCUT2D eigenvalue weighted by atomic mass is 10.2. The fourth-order valence-corrected chi connectivity index (χ4v) is 3.20.